The van der Waals surface area contributed by atoms with Crippen molar-refractivity contribution in [1.82, 2.24) is 0 Å². The van der Waals surface area contributed by atoms with E-state index in [9.17, 15) is 0 Å². The Kier molecular flexibility index (Phi) is 3.50. The lowest BCUT2D eigenvalue weighted by atomic mass is 10.1. The van der Waals surface area contributed by atoms with Crippen LogP contribution in [0, 0.1) is 0 Å². The van der Waals surface area contributed by atoms with Crippen LogP contribution in [-0.2, 0) is 0 Å². The molecule has 4 heteroatoms. The highest BCUT2D eigenvalue weighted by Crippen LogP contribution is 2.24. The molecular formula is C12H27N4+3. The Morgan fingerprint density at radius 1 is 1.06 bits per heavy atom. The Bertz CT molecular complexity index is 237. The molecule has 3 fully saturated rings. The van der Waals surface area contributed by atoms with Crippen LogP contribution in [-0.4, -0.2) is 74.7 Å². The number of nitrogens with zero attached hydrogens (tertiary/aromatic N) is 2. The molecule has 3 rings (SSSR count). The van der Waals surface area contributed by atoms with E-state index in [0.717, 1.165) is 6.54 Å². The Labute approximate surface area is 98.9 Å². The Hall–Kier alpha value is -0.610. The highest BCUT2D eigenvalue weighted by atomic mass is 15.5. The van der Waals surface area contributed by atoms with Crippen LogP contribution in [0.2, 0.25) is 0 Å². The molecule has 0 aromatic heterocycles. The van der Waals surface area contributed by atoms with Gasteiger partial charge in [-0.1, -0.05) is 0 Å². The Morgan fingerprint density at radius 2 is 1.69 bits per heavy atom. The van der Waals surface area contributed by atoms with E-state index in [0.29, 0.717) is 0 Å². The van der Waals surface area contributed by atoms with Gasteiger partial charge in [0.25, 0.3) is 0 Å². The molecule has 0 spiro atoms. The molecule has 3 N–H and O–H groups in total. The van der Waals surface area contributed by atoms with Gasteiger partial charge in [-0.25, -0.2) is 0 Å². The number of unbranched alkanes of at least 4 members (excludes halogenated alkanes) is 1. The number of hydrogen-bond acceptors (Lipinski definition) is 0. The van der Waals surface area contributed by atoms with Crippen molar-refractivity contribution in [3.05, 3.63) is 0 Å². The first-order valence-electron chi connectivity index (χ1n) is 6.64. The molecule has 0 aromatic rings. The van der Waals surface area contributed by atoms with E-state index >= 15 is 0 Å². The molecule has 0 unspecified atom stereocenters. The molecule has 3 saturated heterocycles. The van der Waals surface area contributed by atoms with Crippen molar-refractivity contribution in [3.63, 3.8) is 0 Å². The van der Waals surface area contributed by atoms with Crippen LogP contribution < -0.4 is 10.7 Å². The van der Waals surface area contributed by atoms with Crippen LogP contribution >= 0.6 is 0 Å². The summed E-state index contributed by atoms with van der Waals surface area (Å²) in [4.78, 5) is 3.08. The highest BCUT2D eigenvalue weighted by Gasteiger charge is 2.45. The number of nitrogens with two attached hydrogens (primary N) is 1. The van der Waals surface area contributed by atoms with Crippen molar-refractivity contribution in [2.45, 2.75) is 12.8 Å². The predicted octanol–water partition coefficient (Wildman–Crippen LogP) is -1.88. The molecular weight excluding hydrogens is 200 g/mol. The molecule has 3 aliphatic heterocycles. The largest absolute Gasteiger partial charge is 0.312 e. The molecule has 3 aliphatic rings. The first-order valence-corrected chi connectivity index (χ1v) is 6.64. The summed E-state index contributed by atoms with van der Waals surface area (Å²) in [5.74, 6) is 0. The lowest BCUT2D eigenvalue weighted by molar-refractivity contribution is -1.07. The summed E-state index contributed by atoms with van der Waals surface area (Å²) in [6, 6.07) is 0. The van der Waals surface area contributed by atoms with Gasteiger partial charge in [-0.2, -0.15) is 0 Å². The van der Waals surface area contributed by atoms with Gasteiger partial charge in [-0.15, -0.1) is 0 Å². The molecule has 0 atom stereocenters. The first-order chi connectivity index (χ1) is 7.68. The third-order valence-corrected chi connectivity index (χ3v) is 4.66. The third kappa shape index (κ3) is 2.55. The molecule has 92 valence electrons. The van der Waals surface area contributed by atoms with Crippen LogP contribution in [0.1, 0.15) is 12.8 Å². The minimum Gasteiger partial charge on any atom is -0.312 e. The smallest absolute Gasteiger partial charge is 0.227 e. The summed E-state index contributed by atoms with van der Waals surface area (Å²) >= 11 is 0. The van der Waals surface area contributed by atoms with E-state index < -0.39 is 0 Å². The standard InChI is InChI=1S/C12H26N4/c1-15-6-9-16(10-7-15,11-8-15)5-3-2-4-14-12-13/h12H,2-11H2,1H3,(H2,13,14)/q+2/p+1. The summed E-state index contributed by atoms with van der Waals surface area (Å²) in [5, 5.41) is 0. The van der Waals surface area contributed by atoms with E-state index in [1.165, 1.54) is 67.6 Å². The molecule has 0 aromatic carbocycles. The Balaban J connectivity index is 1.73. The van der Waals surface area contributed by atoms with E-state index in [4.69, 9.17) is 5.73 Å². The van der Waals surface area contributed by atoms with Gasteiger partial charge >= 0.3 is 0 Å². The van der Waals surface area contributed by atoms with Crippen LogP contribution in [0.3, 0.4) is 0 Å². The maximum atomic E-state index is 5.28. The number of piperazine rings is 3. The second kappa shape index (κ2) is 4.72. The number of hydrogen-bond donors (Lipinski definition) is 2. The van der Waals surface area contributed by atoms with Gasteiger partial charge in [0.1, 0.15) is 39.3 Å². The van der Waals surface area contributed by atoms with Gasteiger partial charge in [0, 0.05) is 6.42 Å². The first kappa shape index (κ1) is 11.9. The fraction of sp³-hybridized carbons (Fsp3) is 0.917. The van der Waals surface area contributed by atoms with Crippen molar-refractivity contribution >= 4 is 6.34 Å². The monoisotopic (exact) mass is 227 g/mol. The average molecular weight is 227 g/mol. The molecule has 2 bridgehead atoms. The summed E-state index contributed by atoms with van der Waals surface area (Å²) in [7, 11) is 2.42. The second-order valence-corrected chi connectivity index (χ2v) is 5.85. The third-order valence-electron chi connectivity index (χ3n) is 4.66. The summed E-state index contributed by atoms with van der Waals surface area (Å²) in [6.07, 6.45) is 4.14. The van der Waals surface area contributed by atoms with E-state index in [1.807, 2.05) is 0 Å². The van der Waals surface area contributed by atoms with Crippen LogP contribution in [0.4, 0.5) is 0 Å². The quantitative estimate of drug-likeness (QED) is 0.246. The van der Waals surface area contributed by atoms with Crippen molar-refractivity contribution < 1.29 is 14.0 Å². The minimum atomic E-state index is 1.03. The molecule has 0 aliphatic carbocycles. The van der Waals surface area contributed by atoms with Crippen LogP contribution in [0.25, 0.3) is 0 Å². The normalized spacial score (nSPS) is 38.3. The number of likely N-dealkylation sites (N-methyl/N-ethyl adjacent to an activating group) is 1. The van der Waals surface area contributed by atoms with E-state index in [1.54, 1.807) is 6.34 Å². The van der Waals surface area contributed by atoms with Gasteiger partial charge in [-0.3, -0.25) is 10.7 Å². The Morgan fingerprint density at radius 3 is 2.25 bits per heavy atom. The summed E-state index contributed by atoms with van der Waals surface area (Å²) in [6.45, 7) is 10.8. The number of quaternary nitrogens is 2. The zero-order chi connectivity index (χ0) is 11.5. The van der Waals surface area contributed by atoms with E-state index in [-0.39, 0.29) is 0 Å². The lowest BCUT2D eigenvalue weighted by Crippen LogP contribution is -2.74. The van der Waals surface area contributed by atoms with Crippen molar-refractivity contribution in [2.75, 3.05) is 59.4 Å². The molecule has 0 radical (unpaired) electrons. The SMILES string of the molecule is C[N+]12CC[N+](CCCC[NH+]=CN)(CC1)CC2. The fourth-order valence-electron chi connectivity index (χ4n) is 3.12. The van der Waals surface area contributed by atoms with Crippen molar-refractivity contribution in [3.8, 4) is 0 Å². The average Bonchev–Trinajstić information content (AvgIpc) is 2.31. The van der Waals surface area contributed by atoms with Gasteiger partial charge in [0.2, 0.25) is 6.34 Å². The minimum absolute atomic E-state index is 1.03. The second-order valence-electron chi connectivity index (χ2n) is 5.85. The summed E-state index contributed by atoms with van der Waals surface area (Å²) in [5.41, 5.74) is 5.28. The maximum absolute atomic E-state index is 5.28. The predicted molar refractivity (Wildman–Crippen MR) is 65.8 cm³/mol. The van der Waals surface area contributed by atoms with Crippen LogP contribution in [0.5, 0.6) is 0 Å². The van der Waals surface area contributed by atoms with Crippen molar-refractivity contribution in [2.24, 2.45) is 5.73 Å². The molecule has 0 saturated carbocycles. The zero-order valence-electron chi connectivity index (χ0n) is 10.6. The highest BCUT2D eigenvalue weighted by molar-refractivity contribution is 5.42. The lowest BCUT2D eigenvalue weighted by Gasteiger charge is -2.54. The number of rotatable bonds is 5. The molecule has 3 heterocycles. The van der Waals surface area contributed by atoms with E-state index in [2.05, 4.69) is 12.0 Å². The van der Waals surface area contributed by atoms with Gasteiger partial charge in [0.15, 0.2) is 0 Å². The van der Waals surface area contributed by atoms with Gasteiger partial charge in [-0.05, 0) is 6.42 Å². The fourth-order valence-corrected chi connectivity index (χ4v) is 3.12. The number of nitrogens with one attached hydrogen (secondary N) is 1. The van der Waals surface area contributed by atoms with Gasteiger partial charge in [0.05, 0.1) is 20.1 Å². The molecule has 16 heavy (non-hydrogen) atoms. The van der Waals surface area contributed by atoms with Crippen molar-refractivity contribution in [1.29, 1.82) is 0 Å². The topological polar surface area (TPSA) is 40.0 Å². The zero-order valence-corrected chi connectivity index (χ0v) is 10.6. The summed E-state index contributed by atoms with van der Waals surface area (Å²) < 4.78 is 2.74. The van der Waals surface area contributed by atoms with Gasteiger partial charge < -0.3 is 8.97 Å². The maximum Gasteiger partial charge on any atom is 0.227 e. The molecule has 4 nitrogen and oxygen atoms in total. The molecule has 0 amide bonds. The number of fused-ring (bicyclic) bond motifs is 3. The van der Waals surface area contributed by atoms with Crippen LogP contribution in [0.15, 0.2) is 0 Å².